The third-order valence-corrected chi connectivity index (χ3v) is 4.23. The van der Waals surface area contributed by atoms with Crippen LogP contribution in [0, 0.1) is 58.2 Å². The van der Waals surface area contributed by atoms with Crippen LogP contribution < -0.4 is 4.72 Å². The molecule has 0 fully saturated rings. The Hall–Kier alpha value is -3.00. The summed E-state index contributed by atoms with van der Waals surface area (Å²) in [4.78, 5) is 11.5. The molecule has 166 valence electrons. The van der Waals surface area contributed by atoms with E-state index >= 15 is 0 Å². The molecule has 3 nitrogen and oxygen atoms in total. The van der Waals surface area contributed by atoms with Crippen molar-refractivity contribution in [2.45, 2.75) is 0 Å². The minimum Gasteiger partial charge on any atom is -0.588 e. The Morgan fingerprint density at radius 1 is 0.613 bits per heavy atom. The molecule has 0 spiro atoms. The average Bonchev–Trinajstić information content (AvgIpc) is 2.73. The average molecular weight is 477 g/mol. The number of benzene rings is 2. The number of halogens is 10. The van der Waals surface area contributed by atoms with Crippen LogP contribution in [0.15, 0.2) is 11.5 Å². The highest BCUT2D eigenvalue weighted by atomic mass is 32.2. The first-order valence-corrected chi connectivity index (χ1v) is 8.70. The van der Waals surface area contributed by atoms with E-state index in [0.717, 1.165) is 0 Å². The predicted octanol–water partition coefficient (Wildman–Crippen LogP) is 4.54. The van der Waals surface area contributed by atoms with Crippen molar-refractivity contribution in [3.05, 3.63) is 80.8 Å². The van der Waals surface area contributed by atoms with Crippen LogP contribution in [0.25, 0.3) is 12.2 Å². The molecule has 0 aliphatic carbocycles. The molecule has 0 aromatic heterocycles. The first-order valence-electron chi connectivity index (χ1n) is 7.48. The summed E-state index contributed by atoms with van der Waals surface area (Å²) in [7, 11) is 0. The lowest BCUT2D eigenvalue weighted by molar-refractivity contribution is -0.114. The lowest BCUT2D eigenvalue weighted by atomic mass is 10.1. The predicted molar refractivity (Wildman–Crippen MR) is 86.8 cm³/mol. The molecule has 1 atom stereocenters. The maximum absolute atomic E-state index is 13.5. The first kappa shape index (κ1) is 24.3. The van der Waals surface area contributed by atoms with Gasteiger partial charge in [-0.25, -0.2) is 43.9 Å². The van der Waals surface area contributed by atoms with Gasteiger partial charge in [0.15, 0.2) is 46.5 Å². The van der Waals surface area contributed by atoms with Crippen molar-refractivity contribution in [1.82, 2.24) is 4.72 Å². The van der Waals surface area contributed by atoms with Gasteiger partial charge in [0, 0.05) is 12.2 Å². The van der Waals surface area contributed by atoms with Crippen LogP contribution >= 0.6 is 0 Å². The van der Waals surface area contributed by atoms with Crippen LogP contribution in [0.2, 0.25) is 0 Å². The summed E-state index contributed by atoms with van der Waals surface area (Å²) in [6, 6.07) is 0. The summed E-state index contributed by atoms with van der Waals surface area (Å²) in [5.74, 6) is -24.4. The van der Waals surface area contributed by atoms with E-state index in [9.17, 15) is 53.3 Å². The molecule has 0 bridgehead atoms. The first-order chi connectivity index (χ1) is 14.4. The molecule has 1 amide bonds. The number of carbonyl (C=O) groups excluding carboxylic acids is 1. The summed E-state index contributed by atoms with van der Waals surface area (Å²) >= 11 is -2.67. The Morgan fingerprint density at radius 2 is 0.935 bits per heavy atom. The zero-order valence-corrected chi connectivity index (χ0v) is 15.1. The van der Waals surface area contributed by atoms with E-state index in [1.54, 1.807) is 0 Å². The molecule has 1 unspecified atom stereocenters. The number of hydrogen-bond donors (Lipinski definition) is 1. The summed E-state index contributed by atoms with van der Waals surface area (Å²) in [5, 5.41) is 0.294. The van der Waals surface area contributed by atoms with E-state index in [2.05, 4.69) is 0 Å². The molecule has 0 aliphatic heterocycles. The van der Waals surface area contributed by atoms with Gasteiger partial charge < -0.3 is 4.55 Å². The quantitative estimate of drug-likeness (QED) is 0.226. The molecule has 14 heteroatoms. The van der Waals surface area contributed by atoms with Crippen LogP contribution in [-0.2, 0) is 16.2 Å². The van der Waals surface area contributed by atoms with Crippen molar-refractivity contribution < 1.29 is 53.3 Å². The Bertz CT molecular complexity index is 1060. The summed E-state index contributed by atoms with van der Waals surface area (Å²) in [5.41, 5.74) is -2.97. The SMILES string of the molecule is O=C(C=Cc1c(F)c(F)c(F)c(F)c1F)N[S+]([O-])C=Cc1c(F)c(F)c(F)c(F)c1F. The minimum absolute atomic E-state index is 0.163. The molecule has 0 heterocycles. The number of carbonyl (C=O) groups is 1. The van der Waals surface area contributed by atoms with Crippen LogP contribution in [-0.4, -0.2) is 10.5 Å². The molecule has 0 saturated carbocycles. The van der Waals surface area contributed by atoms with Crippen LogP contribution in [0.1, 0.15) is 11.1 Å². The number of rotatable bonds is 5. The monoisotopic (exact) mass is 477 g/mol. The molecular weight excluding hydrogens is 472 g/mol. The summed E-state index contributed by atoms with van der Waals surface area (Å²) < 4.78 is 145. The second-order valence-electron chi connectivity index (χ2n) is 5.37. The van der Waals surface area contributed by atoms with Gasteiger partial charge in [0.1, 0.15) is 16.8 Å². The fraction of sp³-hybridized carbons (Fsp3) is 0. The Labute approximate surface area is 169 Å². The standard InChI is InChI=1S/C17H5F10NO2S/c18-8-5(9(19)13(23)16(26)12(8)22)1-2-7(29)28-31(30)4-3-6-10(20)14(24)17(27)15(25)11(6)21/h1-4H,(H,28,29). The second kappa shape index (κ2) is 9.43. The minimum atomic E-state index is -2.67. The molecular formula is C17H5F10NO2S. The van der Waals surface area contributed by atoms with Crippen LogP contribution in [0.3, 0.4) is 0 Å². The fourth-order valence-electron chi connectivity index (χ4n) is 1.99. The maximum atomic E-state index is 13.5. The third-order valence-electron chi connectivity index (χ3n) is 3.45. The number of nitrogens with one attached hydrogen (secondary N) is 1. The van der Waals surface area contributed by atoms with Crippen molar-refractivity contribution in [3.63, 3.8) is 0 Å². The highest BCUT2D eigenvalue weighted by Crippen LogP contribution is 2.25. The zero-order chi connectivity index (χ0) is 23.6. The van der Waals surface area contributed by atoms with E-state index in [-0.39, 0.29) is 18.2 Å². The molecule has 2 rings (SSSR count). The highest BCUT2D eigenvalue weighted by Gasteiger charge is 2.26. The third kappa shape index (κ3) is 4.85. The Balaban J connectivity index is 2.18. The largest absolute Gasteiger partial charge is 0.588 e. The topological polar surface area (TPSA) is 52.2 Å². The van der Waals surface area contributed by atoms with Gasteiger partial charge in [-0.05, 0) is 6.08 Å². The number of amides is 1. The van der Waals surface area contributed by atoms with Crippen molar-refractivity contribution in [3.8, 4) is 0 Å². The second-order valence-corrected chi connectivity index (χ2v) is 6.44. The van der Waals surface area contributed by atoms with Gasteiger partial charge in [0.2, 0.25) is 11.6 Å². The van der Waals surface area contributed by atoms with Gasteiger partial charge in [-0.2, -0.15) is 4.72 Å². The van der Waals surface area contributed by atoms with E-state index in [1.165, 1.54) is 4.72 Å². The van der Waals surface area contributed by atoms with Gasteiger partial charge in [0.25, 0.3) is 5.91 Å². The van der Waals surface area contributed by atoms with E-state index in [0.29, 0.717) is 5.41 Å². The molecule has 0 radical (unpaired) electrons. The van der Waals surface area contributed by atoms with Crippen molar-refractivity contribution >= 4 is 29.4 Å². The summed E-state index contributed by atoms with van der Waals surface area (Å²) in [6.07, 6.45) is 0.569. The van der Waals surface area contributed by atoms with E-state index < -0.39 is 86.6 Å². The van der Waals surface area contributed by atoms with Crippen molar-refractivity contribution in [2.24, 2.45) is 0 Å². The van der Waals surface area contributed by atoms with Gasteiger partial charge in [-0.3, -0.25) is 4.79 Å². The lowest BCUT2D eigenvalue weighted by Crippen LogP contribution is -2.27. The molecule has 0 saturated heterocycles. The van der Waals surface area contributed by atoms with Gasteiger partial charge >= 0.3 is 0 Å². The van der Waals surface area contributed by atoms with E-state index in [1.807, 2.05) is 0 Å². The van der Waals surface area contributed by atoms with Crippen molar-refractivity contribution in [2.75, 3.05) is 0 Å². The smallest absolute Gasteiger partial charge is 0.285 e. The molecule has 2 aromatic rings. The fourth-order valence-corrected chi connectivity index (χ4v) is 2.59. The van der Waals surface area contributed by atoms with Crippen LogP contribution in [0.5, 0.6) is 0 Å². The molecule has 1 N–H and O–H groups in total. The van der Waals surface area contributed by atoms with E-state index in [4.69, 9.17) is 0 Å². The van der Waals surface area contributed by atoms with Gasteiger partial charge in [-0.1, -0.05) is 0 Å². The zero-order valence-electron chi connectivity index (χ0n) is 14.3. The molecule has 0 aliphatic rings. The molecule has 2 aromatic carbocycles. The Morgan fingerprint density at radius 3 is 1.32 bits per heavy atom. The normalized spacial score (nSPS) is 12.7. The maximum Gasteiger partial charge on any atom is 0.285 e. The van der Waals surface area contributed by atoms with Crippen molar-refractivity contribution in [1.29, 1.82) is 0 Å². The molecule has 31 heavy (non-hydrogen) atoms. The summed E-state index contributed by atoms with van der Waals surface area (Å²) in [6.45, 7) is 0. The van der Waals surface area contributed by atoms with Gasteiger partial charge in [-0.15, -0.1) is 0 Å². The highest BCUT2D eigenvalue weighted by molar-refractivity contribution is 7.93. The Kier molecular flexibility index (Phi) is 7.38. The number of hydrogen-bond acceptors (Lipinski definition) is 2. The lowest BCUT2D eigenvalue weighted by Gasteiger charge is -2.06. The van der Waals surface area contributed by atoms with Gasteiger partial charge in [0.05, 0.1) is 11.1 Å². The van der Waals surface area contributed by atoms with Crippen LogP contribution in [0.4, 0.5) is 43.9 Å².